The van der Waals surface area contributed by atoms with Gasteiger partial charge in [-0.3, -0.25) is 0 Å². The summed E-state index contributed by atoms with van der Waals surface area (Å²) in [4.78, 5) is 11.6. The summed E-state index contributed by atoms with van der Waals surface area (Å²) >= 11 is 0. The first-order valence-electron chi connectivity index (χ1n) is 5.71. The molecule has 1 spiro atoms. The van der Waals surface area contributed by atoms with Crippen molar-refractivity contribution in [3.8, 4) is 0 Å². The highest BCUT2D eigenvalue weighted by Crippen LogP contribution is 2.55. The van der Waals surface area contributed by atoms with Crippen molar-refractivity contribution in [2.24, 2.45) is 0 Å². The molecule has 2 atom stereocenters. The topological polar surface area (TPSA) is 38.8 Å². The molecule has 1 fully saturated rings. The second kappa shape index (κ2) is 3.32. The minimum absolute atomic E-state index is 0.223. The molecule has 16 heavy (non-hydrogen) atoms. The number of ether oxygens (including phenoxy) is 2. The summed E-state index contributed by atoms with van der Waals surface area (Å²) in [5.74, 6) is -0.223. The minimum Gasteiger partial charge on any atom is -0.464 e. The monoisotopic (exact) mass is 218 g/mol. The van der Waals surface area contributed by atoms with Crippen molar-refractivity contribution in [2.45, 2.75) is 31.5 Å². The number of hydrogen-bond donors (Lipinski definition) is 0. The number of benzene rings is 1. The van der Waals surface area contributed by atoms with E-state index in [1.807, 2.05) is 19.1 Å². The zero-order valence-electron chi connectivity index (χ0n) is 9.23. The van der Waals surface area contributed by atoms with Gasteiger partial charge in [0.2, 0.25) is 0 Å². The van der Waals surface area contributed by atoms with Crippen LogP contribution in [-0.4, -0.2) is 18.7 Å². The van der Waals surface area contributed by atoms with Gasteiger partial charge in [-0.05, 0) is 30.9 Å². The second-order valence-corrected chi connectivity index (χ2v) is 4.30. The molecule has 1 aromatic rings. The van der Waals surface area contributed by atoms with Gasteiger partial charge < -0.3 is 9.47 Å². The second-order valence-electron chi connectivity index (χ2n) is 4.30. The van der Waals surface area contributed by atoms with Gasteiger partial charge in [0, 0.05) is 0 Å². The normalized spacial score (nSPS) is 30.2. The predicted molar refractivity (Wildman–Crippen MR) is 57.9 cm³/mol. The van der Waals surface area contributed by atoms with Crippen LogP contribution in [-0.2, 0) is 26.3 Å². The standard InChI is InChI=1S/C13H14O3/c1-2-15-12(14)11-13(16-11)8-7-9-5-3-4-6-10(9)13/h3-6,11H,2,7-8H2,1H3. The fourth-order valence-corrected chi connectivity index (χ4v) is 2.63. The summed E-state index contributed by atoms with van der Waals surface area (Å²) < 4.78 is 10.6. The van der Waals surface area contributed by atoms with Crippen molar-refractivity contribution in [1.29, 1.82) is 0 Å². The lowest BCUT2D eigenvalue weighted by molar-refractivity contribution is -0.144. The van der Waals surface area contributed by atoms with Crippen LogP contribution in [0.3, 0.4) is 0 Å². The Kier molecular flexibility index (Phi) is 2.04. The molecule has 0 bridgehead atoms. The SMILES string of the molecule is CCOC(=O)C1OC12CCc1ccccc12. The molecule has 84 valence electrons. The number of esters is 1. The lowest BCUT2D eigenvalue weighted by Gasteiger charge is -2.05. The Labute approximate surface area is 94.4 Å². The van der Waals surface area contributed by atoms with Gasteiger partial charge in [0.1, 0.15) is 5.60 Å². The molecule has 0 radical (unpaired) electrons. The van der Waals surface area contributed by atoms with E-state index in [0.29, 0.717) is 6.61 Å². The summed E-state index contributed by atoms with van der Waals surface area (Å²) in [6.07, 6.45) is 1.51. The van der Waals surface area contributed by atoms with Gasteiger partial charge in [-0.15, -0.1) is 0 Å². The van der Waals surface area contributed by atoms with Gasteiger partial charge in [-0.25, -0.2) is 4.79 Å². The van der Waals surface area contributed by atoms with E-state index < -0.39 is 0 Å². The molecule has 0 saturated carbocycles. The number of fused-ring (bicyclic) bond motifs is 2. The smallest absolute Gasteiger partial charge is 0.338 e. The first kappa shape index (κ1) is 9.85. The van der Waals surface area contributed by atoms with Crippen LogP contribution >= 0.6 is 0 Å². The number of carbonyl (C=O) groups is 1. The molecule has 2 aliphatic rings. The van der Waals surface area contributed by atoms with E-state index in [1.165, 1.54) is 11.1 Å². The van der Waals surface area contributed by atoms with E-state index in [4.69, 9.17) is 9.47 Å². The molecule has 0 aromatic heterocycles. The molecule has 3 nitrogen and oxygen atoms in total. The lowest BCUT2D eigenvalue weighted by Crippen LogP contribution is -2.19. The highest BCUT2D eigenvalue weighted by Gasteiger charge is 2.64. The van der Waals surface area contributed by atoms with Crippen LogP contribution in [0.5, 0.6) is 0 Å². The van der Waals surface area contributed by atoms with Crippen molar-refractivity contribution >= 4 is 5.97 Å². The Morgan fingerprint density at radius 2 is 2.38 bits per heavy atom. The van der Waals surface area contributed by atoms with Crippen LogP contribution in [0.25, 0.3) is 0 Å². The third kappa shape index (κ3) is 1.21. The summed E-state index contributed by atoms with van der Waals surface area (Å²) in [7, 11) is 0. The van der Waals surface area contributed by atoms with Crippen molar-refractivity contribution in [2.75, 3.05) is 6.61 Å². The number of aryl methyl sites for hydroxylation is 1. The van der Waals surface area contributed by atoms with Gasteiger partial charge in [0.25, 0.3) is 0 Å². The molecule has 1 heterocycles. The van der Waals surface area contributed by atoms with E-state index in [0.717, 1.165) is 12.8 Å². The third-order valence-corrected chi connectivity index (χ3v) is 3.43. The quantitative estimate of drug-likeness (QED) is 0.561. The molecular formula is C13H14O3. The maximum absolute atomic E-state index is 11.6. The maximum Gasteiger partial charge on any atom is 0.338 e. The molecule has 1 aliphatic heterocycles. The van der Waals surface area contributed by atoms with Gasteiger partial charge >= 0.3 is 5.97 Å². The largest absolute Gasteiger partial charge is 0.464 e. The summed E-state index contributed by atoms with van der Waals surface area (Å²) in [6.45, 7) is 2.23. The molecule has 1 aromatic carbocycles. The molecule has 1 saturated heterocycles. The predicted octanol–water partition coefficient (Wildman–Crippen LogP) is 1.79. The number of rotatable bonds is 2. The summed E-state index contributed by atoms with van der Waals surface area (Å²) in [6, 6.07) is 8.19. The zero-order chi connectivity index (χ0) is 11.2. The van der Waals surface area contributed by atoms with Gasteiger partial charge in [-0.2, -0.15) is 0 Å². The zero-order valence-corrected chi connectivity index (χ0v) is 9.23. The molecule has 3 rings (SSSR count). The van der Waals surface area contributed by atoms with E-state index in [9.17, 15) is 4.79 Å². The molecular weight excluding hydrogens is 204 g/mol. The lowest BCUT2D eigenvalue weighted by atomic mass is 9.97. The van der Waals surface area contributed by atoms with Gasteiger partial charge in [0.05, 0.1) is 6.61 Å². The Morgan fingerprint density at radius 3 is 3.19 bits per heavy atom. The Balaban J connectivity index is 1.87. The Hall–Kier alpha value is -1.35. The molecule has 2 unspecified atom stereocenters. The third-order valence-electron chi connectivity index (χ3n) is 3.43. The van der Waals surface area contributed by atoms with Crippen LogP contribution in [0.4, 0.5) is 0 Å². The average molecular weight is 218 g/mol. The van der Waals surface area contributed by atoms with E-state index in [-0.39, 0.29) is 17.7 Å². The fourth-order valence-electron chi connectivity index (χ4n) is 2.63. The minimum atomic E-state index is -0.379. The van der Waals surface area contributed by atoms with Crippen molar-refractivity contribution in [1.82, 2.24) is 0 Å². The van der Waals surface area contributed by atoms with Crippen LogP contribution in [0, 0.1) is 0 Å². The number of epoxide rings is 1. The van der Waals surface area contributed by atoms with Gasteiger partial charge in [-0.1, -0.05) is 24.3 Å². The van der Waals surface area contributed by atoms with Crippen molar-refractivity contribution < 1.29 is 14.3 Å². The average Bonchev–Trinajstić information content (AvgIpc) is 2.91. The summed E-state index contributed by atoms with van der Waals surface area (Å²) in [5.41, 5.74) is 2.12. The first-order chi connectivity index (χ1) is 7.78. The molecule has 1 aliphatic carbocycles. The van der Waals surface area contributed by atoms with Gasteiger partial charge in [0.15, 0.2) is 6.10 Å². The van der Waals surface area contributed by atoms with Crippen molar-refractivity contribution in [3.63, 3.8) is 0 Å². The van der Waals surface area contributed by atoms with Crippen LogP contribution in [0.1, 0.15) is 24.5 Å². The van der Waals surface area contributed by atoms with Crippen LogP contribution in [0.2, 0.25) is 0 Å². The Bertz CT molecular complexity index is 441. The van der Waals surface area contributed by atoms with E-state index >= 15 is 0 Å². The van der Waals surface area contributed by atoms with Crippen LogP contribution < -0.4 is 0 Å². The highest BCUT2D eigenvalue weighted by molar-refractivity contribution is 5.80. The van der Waals surface area contributed by atoms with Crippen molar-refractivity contribution in [3.05, 3.63) is 35.4 Å². The highest BCUT2D eigenvalue weighted by atomic mass is 16.7. The maximum atomic E-state index is 11.6. The van der Waals surface area contributed by atoms with E-state index in [1.54, 1.807) is 0 Å². The molecule has 0 N–H and O–H groups in total. The van der Waals surface area contributed by atoms with E-state index in [2.05, 4.69) is 12.1 Å². The fraction of sp³-hybridized carbons (Fsp3) is 0.462. The summed E-state index contributed by atoms with van der Waals surface area (Å²) in [5, 5.41) is 0. The van der Waals surface area contributed by atoms with Crippen LogP contribution in [0.15, 0.2) is 24.3 Å². The number of carbonyl (C=O) groups excluding carboxylic acids is 1. The Morgan fingerprint density at radius 1 is 1.56 bits per heavy atom. The molecule has 0 amide bonds. The molecule has 3 heteroatoms. The number of hydrogen-bond acceptors (Lipinski definition) is 3. The first-order valence-corrected chi connectivity index (χ1v) is 5.71.